The van der Waals surface area contributed by atoms with Gasteiger partial charge in [-0.25, -0.2) is 9.37 Å². The molecule has 0 saturated heterocycles. The third kappa shape index (κ3) is 1.87. The van der Waals surface area contributed by atoms with E-state index in [1.165, 1.54) is 13.2 Å². The van der Waals surface area contributed by atoms with Crippen molar-refractivity contribution in [1.82, 2.24) is 9.55 Å². The minimum Gasteiger partial charge on any atom is -0.494 e. The van der Waals surface area contributed by atoms with Crippen LogP contribution in [-0.2, 0) is 0 Å². The molecule has 6 heteroatoms. The Bertz CT molecular complexity index is 800. The number of fused-ring (bicyclic) bond motifs is 1. The second kappa shape index (κ2) is 4.68. The molecule has 0 unspecified atom stereocenters. The average Bonchev–Trinajstić information content (AvgIpc) is 2.76. The van der Waals surface area contributed by atoms with Gasteiger partial charge in [0, 0.05) is 6.07 Å². The minimum absolute atomic E-state index is 0.176. The number of anilines is 1. The molecule has 2 N–H and O–H groups in total. The predicted octanol–water partition coefficient (Wildman–Crippen LogP) is 3.41. The fraction of sp³-hybridized carbons (Fsp3) is 0.0714. The fourth-order valence-electron chi connectivity index (χ4n) is 2.15. The molecule has 0 bridgehead atoms. The second-order valence-electron chi connectivity index (χ2n) is 4.23. The maximum atomic E-state index is 13.8. The van der Waals surface area contributed by atoms with Crippen molar-refractivity contribution in [3.8, 4) is 11.4 Å². The summed E-state index contributed by atoms with van der Waals surface area (Å²) in [6.07, 6.45) is 0. The van der Waals surface area contributed by atoms with Crippen LogP contribution in [0.25, 0.3) is 16.7 Å². The molecule has 3 rings (SSSR count). The van der Waals surface area contributed by atoms with Crippen LogP contribution in [0.1, 0.15) is 0 Å². The molecule has 0 spiro atoms. The first-order valence-electron chi connectivity index (χ1n) is 5.88. The lowest BCUT2D eigenvalue weighted by Crippen LogP contribution is -2.01. The van der Waals surface area contributed by atoms with Gasteiger partial charge >= 0.3 is 0 Å². The first-order chi connectivity index (χ1) is 9.61. The highest BCUT2D eigenvalue weighted by molar-refractivity contribution is 6.35. The van der Waals surface area contributed by atoms with E-state index >= 15 is 0 Å². The van der Waals surface area contributed by atoms with Crippen molar-refractivity contribution in [2.75, 3.05) is 12.8 Å². The number of halogens is 2. The Kier molecular flexibility index (Phi) is 2.99. The quantitative estimate of drug-likeness (QED) is 0.787. The van der Waals surface area contributed by atoms with Gasteiger partial charge in [0.15, 0.2) is 11.6 Å². The van der Waals surface area contributed by atoms with E-state index in [2.05, 4.69) is 4.98 Å². The molecular formula is C14H11ClFN3O. The number of imidazole rings is 1. The molecule has 0 amide bonds. The summed E-state index contributed by atoms with van der Waals surface area (Å²) in [7, 11) is 1.42. The number of hydrogen-bond donors (Lipinski definition) is 1. The van der Waals surface area contributed by atoms with Crippen molar-refractivity contribution in [2.24, 2.45) is 0 Å². The van der Waals surface area contributed by atoms with E-state index < -0.39 is 5.82 Å². The van der Waals surface area contributed by atoms with Gasteiger partial charge in [0.2, 0.25) is 5.95 Å². The molecule has 3 aromatic rings. The number of methoxy groups -OCH3 is 1. The van der Waals surface area contributed by atoms with Gasteiger partial charge in [-0.2, -0.15) is 0 Å². The summed E-state index contributed by atoms with van der Waals surface area (Å²) < 4.78 is 20.4. The molecule has 0 radical (unpaired) electrons. The third-order valence-electron chi connectivity index (χ3n) is 3.06. The van der Waals surface area contributed by atoms with Gasteiger partial charge in [-0.1, -0.05) is 17.7 Å². The maximum absolute atomic E-state index is 13.8. The number of nitrogen functional groups attached to an aromatic ring is 1. The summed E-state index contributed by atoms with van der Waals surface area (Å²) in [5.41, 5.74) is 7.78. The number of ether oxygens (including phenoxy) is 1. The van der Waals surface area contributed by atoms with E-state index in [0.29, 0.717) is 16.2 Å². The molecule has 2 aromatic carbocycles. The standard InChI is InChI=1S/C14H11ClFN3O/c1-20-12-6-5-8(7-10(12)16)19-11-4-2-3-9(15)13(11)18-14(19)17/h2-7H,1H3,(H2,17,18). The van der Waals surface area contributed by atoms with E-state index in [4.69, 9.17) is 22.1 Å². The Morgan fingerprint density at radius 2 is 2.10 bits per heavy atom. The van der Waals surface area contributed by atoms with E-state index in [-0.39, 0.29) is 11.7 Å². The number of benzene rings is 2. The molecule has 0 aliphatic carbocycles. The van der Waals surface area contributed by atoms with E-state index in [0.717, 1.165) is 5.52 Å². The van der Waals surface area contributed by atoms with Crippen LogP contribution in [0.15, 0.2) is 36.4 Å². The minimum atomic E-state index is -0.465. The zero-order valence-corrected chi connectivity index (χ0v) is 11.4. The lowest BCUT2D eigenvalue weighted by molar-refractivity contribution is 0.386. The number of nitrogens with zero attached hydrogens (tertiary/aromatic N) is 2. The van der Waals surface area contributed by atoms with Gasteiger partial charge < -0.3 is 10.5 Å². The fourth-order valence-corrected chi connectivity index (χ4v) is 2.36. The lowest BCUT2D eigenvalue weighted by atomic mass is 10.2. The SMILES string of the molecule is COc1ccc(-n2c(N)nc3c(Cl)cccc32)cc1F. The van der Waals surface area contributed by atoms with Crippen LogP contribution in [-0.4, -0.2) is 16.7 Å². The largest absolute Gasteiger partial charge is 0.494 e. The summed E-state index contributed by atoms with van der Waals surface area (Å²) in [5, 5.41) is 0.502. The second-order valence-corrected chi connectivity index (χ2v) is 4.64. The molecule has 0 aliphatic heterocycles. The molecule has 0 saturated carbocycles. The Hall–Kier alpha value is -2.27. The van der Waals surface area contributed by atoms with Crippen LogP contribution < -0.4 is 10.5 Å². The predicted molar refractivity (Wildman–Crippen MR) is 77.0 cm³/mol. The molecule has 4 nitrogen and oxygen atoms in total. The number of hydrogen-bond acceptors (Lipinski definition) is 3. The molecule has 20 heavy (non-hydrogen) atoms. The van der Waals surface area contributed by atoms with Crippen molar-refractivity contribution in [3.63, 3.8) is 0 Å². The van der Waals surface area contributed by atoms with Gasteiger partial charge in [-0.05, 0) is 24.3 Å². The van der Waals surface area contributed by atoms with Gasteiger partial charge in [0.25, 0.3) is 0 Å². The Morgan fingerprint density at radius 3 is 2.80 bits per heavy atom. The smallest absolute Gasteiger partial charge is 0.205 e. The van der Waals surface area contributed by atoms with Crippen LogP contribution in [0.5, 0.6) is 5.75 Å². The van der Waals surface area contributed by atoms with Crippen LogP contribution in [0.4, 0.5) is 10.3 Å². The lowest BCUT2D eigenvalue weighted by Gasteiger charge is -2.08. The normalized spacial score (nSPS) is 10.9. The van der Waals surface area contributed by atoms with Crippen LogP contribution in [0, 0.1) is 5.82 Å². The van der Waals surface area contributed by atoms with Crippen LogP contribution >= 0.6 is 11.6 Å². The summed E-state index contributed by atoms with van der Waals surface area (Å²) in [6, 6.07) is 9.95. The Morgan fingerprint density at radius 1 is 1.30 bits per heavy atom. The van der Waals surface area contributed by atoms with Gasteiger partial charge in [-0.15, -0.1) is 0 Å². The van der Waals surface area contributed by atoms with E-state index in [9.17, 15) is 4.39 Å². The van der Waals surface area contributed by atoms with E-state index in [1.54, 1.807) is 28.8 Å². The molecule has 0 atom stereocenters. The van der Waals surface area contributed by atoms with Gasteiger partial charge in [-0.3, -0.25) is 4.57 Å². The van der Waals surface area contributed by atoms with Gasteiger partial charge in [0.1, 0.15) is 5.52 Å². The maximum Gasteiger partial charge on any atom is 0.205 e. The zero-order valence-electron chi connectivity index (χ0n) is 10.6. The van der Waals surface area contributed by atoms with Crippen LogP contribution in [0.3, 0.4) is 0 Å². The zero-order chi connectivity index (χ0) is 14.3. The summed E-state index contributed by atoms with van der Waals surface area (Å²) >= 11 is 6.08. The number of rotatable bonds is 2. The molecule has 0 aliphatic rings. The first kappa shape index (κ1) is 12.7. The first-order valence-corrected chi connectivity index (χ1v) is 6.26. The molecule has 102 valence electrons. The summed E-state index contributed by atoms with van der Waals surface area (Å²) in [4.78, 5) is 4.22. The summed E-state index contributed by atoms with van der Waals surface area (Å²) in [5.74, 6) is -0.0410. The Labute approximate surface area is 119 Å². The monoisotopic (exact) mass is 291 g/mol. The number of nitrogens with two attached hydrogens (primary N) is 1. The number of aromatic nitrogens is 2. The molecule has 1 aromatic heterocycles. The molecule has 0 fully saturated rings. The van der Waals surface area contributed by atoms with Crippen molar-refractivity contribution < 1.29 is 9.13 Å². The van der Waals surface area contributed by atoms with Crippen molar-refractivity contribution >= 4 is 28.6 Å². The molecular weight excluding hydrogens is 281 g/mol. The highest BCUT2D eigenvalue weighted by Gasteiger charge is 2.13. The summed E-state index contributed by atoms with van der Waals surface area (Å²) in [6.45, 7) is 0. The average molecular weight is 292 g/mol. The van der Waals surface area contributed by atoms with Crippen molar-refractivity contribution in [2.45, 2.75) is 0 Å². The van der Waals surface area contributed by atoms with E-state index in [1.807, 2.05) is 6.07 Å². The van der Waals surface area contributed by atoms with Crippen molar-refractivity contribution in [1.29, 1.82) is 0 Å². The highest BCUT2D eigenvalue weighted by atomic mass is 35.5. The van der Waals surface area contributed by atoms with Gasteiger partial charge in [0.05, 0.1) is 23.3 Å². The Balaban J connectivity index is 2.27. The highest BCUT2D eigenvalue weighted by Crippen LogP contribution is 2.29. The van der Waals surface area contributed by atoms with Crippen LogP contribution in [0.2, 0.25) is 5.02 Å². The van der Waals surface area contributed by atoms with Crippen molar-refractivity contribution in [3.05, 3.63) is 47.2 Å². The topological polar surface area (TPSA) is 53.1 Å². The third-order valence-corrected chi connectivity index (χ3v) is 3.36. The number of para-hydroxylation sites is 1. The molecule has 1 heterocycles.